The quantitative estimate of drug-likeness (QED) is 0.540. The van der Waals surface area contributed by atoms with Gasteiger partial charge in [0, 0.05) is 61.6 Å². The number of hydrogen-bond donors (Lipinski definition) is 1. The molecule has 0 atom stereocenters. The van der Waals surface area contributed by atoms with Crippen LogP contribution in [-0.4, -0.2) is 58.6 Å². The third-order valence-electron chi connectivity index (χ3n) is 6.05. The first-order valence-corrected chi connectivity index (χ1v) is 10.8. The molecule has 32 heavy (non-hydrogen) atoms. The summed E-state index contributed by atoms with van der Waals surface area (Å²) in [5, 5.41) is 4.99. The van der Waals surface area contributed by atoms with Gasteiger partial charge in [0.2, 0.25) is 0 Å². The minimum atomic E-state index is -0.157. The molecule has 0 aliphatic carbocycles. The smallest absolute Gasteiger partial charge is 0.256 e. The van der Waals surface area contributed by atoms with Crippen molar-refractivity contribution in [3.05, 3.63) is 72.8 Å². The van der Waals surface area contributed by atoms with Crippen LogP contribution in [0.25, 0.3) is 22.0 Å². The third kappa shape index (κ3) is 4.07. The molecule has 1 fully saturated rings. The van der Waals surface area contributed by atoms with Gasteiger partial charge in [0.15, 0.2) is 0 Å². The number of rotatable bonds is 4. The number of anilines is 2. The van der Waals surface area contributed by atoms with Gasteiger partial charge in [-0.15, -0.1) is 0 Å². The predicted molar refractivity (Wildman–Crippen MR) is 128 cm³/mol. The molecule has 0 unspecified atom stereocenters. The van der Waals surface area contributed by atoms with Crippen molar-refractivity contribution >= 4 is 28.2 Å². The van der Waals surface area contributed by atoms with Crippen LogP contribution in [0.1, 0.15) is 10.4 Å². The van der Waals surface area contributed by atoms with Crippen LogP contribution < -0.4 is 10.2 Å². The molecule has 1 aliphatic rings. The minimum Gasteiger partial charge on any atom is -0.369 e. The number of amides is 1. The first-order valence-electron chi connectivity index (χ1n) is 10.8. The molecule has 162 valence electrons. The second kappa shape index (κ2) is 8.43. The van der Waals surface area contributed by atoms with E-state index in [9.17, 15) is 4.79 Å². The highest BCUT2D eigenvalue weighted by Crippen LogP contribution is 2.25. The standard InChI is InChI=1S/C25H26N6O/c1-29-8-10-31(11-9-29)22-5-3-4-19(13-22)25(32)28-24-14-21-12-18(6-7-20(21)15-27-24)23-16-26-17-30(23)2/h3-7,12-17H,8-11H2,1-2H3,(H,27,28,32). The number of piperazine rings is 1. The van der Waals surface area contributed by atoms with Gasteiger partial charge in [0.25, 0.3) is 5.91 Å². The Kier molecular flexibility index (Phi) is 5.33. The van der Waals surface area contributed by atoms with Crippen molar-refractivity contribution in [2.24, 2.45) is 7.05 Å². The molecule has 2 aromatic heterocycles. The van der Waals surface area contributed by atoms with Gasteiger partial charge in [-0.05, 0) is 42.8 Å². The maximum atomic E-state index is 12.9. The van der Waals surface area contributed by atoms with Crippen LogP contribution in [0.5, 0.6) is 0 Å². The number of fused-ring (bicyclic) bond motifs is 1. The highest BCUT2D eigenvalue weighted by Gasteiger charge is 2.16. The molecule has 0 radical (unpaired) electrons. The molecule has 7 nitrogen and oxygen atoms in total. The highest BCUT2D eigenvalue weighted by molar-refractivity contribution is 6.05. The van der Waals surface area contributed by atoms with E-state index in [-0.39, 0.29) is 5.91 Å². The molecule has 7 heteroatoms. The van der Waals surface area contributed by atoms with Gasteiger partial charge in [-0.3, -0.25) is 4.79 Å². The lowest BCUT2D eigenvalue weighted by Gasteiger charge is -2.34. The summed E-state index contributed by atoms with van der Waals surface area (Å²) >= 11 is 0. The van der Waals surface area contributed by atoms with Gasteiger partial charge < -0.3 is 19.7 Å². The number of likely N-dealkylation sites (N-methyl/N-ethyl adjacent to an activating group) is 1. The first kappa shape index (κ1) is 20.2. The maximum absolute atomic E-state index is 12.9. The number of pyridine rings is 1. The van der Waals surface area contributed by atoms with Gasteiger partial charge in [0.1, 0.15) is 5.82 Å². The lowest BCUT2D eigenvalue weighted by atomic mass is 10.1. The third-order valence-corrected chi connectivity index (χ3v) is 6.05. The number of nitrogens with one attached hydrogen (secondary N) is 1. The Morgan fingerprint density at radius 2 is 1.78 bits per heavy atom. The number of benzene rings is 2. The fourth-order valence-electron chi connectivity index (χ4n) is 4.10. The molecule has 0 bridgehead atoms. The van der Waals surface area contributed by atoms with Crippen molar-refractivity contribution in [2.45, 2.75) is 0 Å². The molecule has 1 N–H and O–H groups in total. The van der Waals surface area contributed by atoms with Crippen molar-refractivity contribution in [1.82, 2.24) is 19.4 Å². The normalized spacial score (nSPS) is 14.6. The molecule has 0 saturated carbocycles. The number of carbonyl (C=O) groups is 1. The zero-order valence-corrected chi connectivity index (χ0v) is 18.3. The Morgan fingerprint density at radius 1 is 0.938 bits per heavy atom. The maximum Gasteiger partial charge on any atom is 0.256 e. The molecule has 0 spiro atoms. The number of aromatic nitrogens is 3. The monoisotopic (exact) mass is 426 g/mol. The van der Waals surface area contributed by atoms with Crippen molar-refractivity contribution < 1.29 is 4.79 Å². The van der Waals surface area contributed by atoms with Gasteiger partial charge in [-0.2, -0.15) is 0 Å². The number of hydrogen-bond acceptors (Lipinski definition) is 5. The van der Waals surface area contributed by atoms with E-state index in [1.54, 1.807) is 12.5 Å². The van der Waals surface area contributed by atoms with Crippen LogP contribution in [0.2, 0.25) is 0 Å². The fraction of sp³-hybridized carbons (Fsp3) is 0.240. The average molecular weight is 427 g/mol. The number of aryl methyl sites for hydroxylation is 1. The van der Waals surface area contributed by atoms with Crippen molar-refractivity contribution in [3.8, 4) is 11.3 Å². The molecule has 4 aromatic rings. The molecule has 2 aromatic carbocycles. The van der Waals surface area contributed by atoms with Gasteiger partial charge in [-0.1, -0.05) is 18.2 Å². The lowest BCUT2D eigenvalue weighted by Crippen LogP contribution is -2.44. The Hall–Kier alpha value is -3.71. The van der Waals surface area contributed by atoms with E-state index in [2.05, 4.69) is 50.3 Å². The summed E-state index contributed by atoms with van der Waals surface area (Å²) in [6.45, 7) is 3.98. The number of nitrogens with zero attached hydrogens (tertiary/aromatic N) is 5. The summed E-state index contributed by atoms with van der Waals surface area (Å²) < 4.78 is 1.98. The van der Waals surface area contributed by atoms with E-state index >= 15 is 0 Å². The minimum absolute atomic E-state index is 0.157. The highest BCUT2D eigenvalue weighted by atomic mass is 16.1. The molecule has 1 amide bonds. The molecular formula is C25H26N6O. The predicted octanol–water partition coefficient (Wildman–Crippen LogP) is 3.64. The van der Waals surface area contributed by atoms with E-state index in [4.69, 9.17) is 0 Å². The number of imidazole rings is 1. The Morgan fingerprint density at radius 3 is 2.56 bits per heavy atom. The summed E-state index contributed by atoms with van der Waals surface area (Å²) in [5.74, 6) is 0.380. The molecule has 5 rings (SSSR count). The first-order chi connectivity index (χ1) is 15.6. The van der Waals surface area contributed by atoms with Crippen LogP contribution in [-0.2, 0) is 7.05 Å². The molecular weight excluding hydrogens is 400 g/mol. The summed E-state index contributed by atoms with van der Waals surface area (Å²) in [6, 6.07) is 15.9. The molecule has 1 saturated heterocycles. The number of carbonyl (C=O) groups excluding carboxylic acids is 1. The summed E-state index contributed by atoms with van der Waals surface area (Å²) in [5.41, 5.74) is 3.82. The zero-order valence-electron chi connectivity index (χ0n) is 18.3. The Balaban J connectivity index is 1.36. The fourth-order valence-corrected chi connectivity index (χ4v) is 4.10. The molecule has 1 aliphatic heterocycles. The Bertz CT molecular complexity index is 1270. The van der Waals surface area contributed by atoms with E-state index in [1.807, 2.05) is 48.1 Å². The van der Waals surface area contributed by atoms with Crippen molar-refractivity contribution in [3.63, 3.8) is 0 Å². The summed E-state index contributed by atoms with van der Waals surface area (Å²) in [7, 11) is 4.11. The largest absolute Gasteiger partial charge is 0.369 e. The van der Waals surface area contributed by atoms with Crippen LogP contribution in [0.3, 0.4) is 0 Å². The average Bonchev–Trinajstić information content (AvgIpc) is 3.25. The van der Waals surface area contributed by atoms with E-state index in [0.717, 1.165) is 53.9 Å². The van der Waals surface area contributed by atoms with E-state index in [1.165, 1.54) is 0 Å². The van der Waals surface area contributed by atoms with Gasteiger partial charge in [-0.25, -0.2) is 9.97 Å². The van der Waals surface area contributed by atoms with Gasteiger partial charge >= 0.3 is 0 Å². The van der Waals surface area contributed by atoms with E-state index < -0.39 is 0 Å². The van der Waals surface area contributed by atoms with Crippen LogP contribution >= 0.6 is 0 Å². The summed E-state index contributed by atoms with van der Waals surface area (Å²) in [6.07, 6.45) is 5.42. The lowest BCUT2D eigenvalue weighted by molar-refractivity contribution is 0.102. The van der Waals surface area contributed by atoms with Crippen LogP contribution in [0.4, 0.5) is 11.5 Å². The van der Waals surface area contributed by atoms with Crippen LogP contribution in [0, 0.1) is 0 Å². The molecule has 3 heterocycles. The van der Waals surface area contributed by atoms with Crippen molar-refractivity contribution in [2.75, 3.05) is 43.4 Å². The van der Waals surface area contributed by atoms with Crippen molar-refractivity contribution in [1.29, 1.82) is 0 Å². The van der Waals surface area contributed by atoms with Crippen LogP contribution in [0.15, 0.2) is 67.3 Å². The summed E-state index contributed by atoms with van der Waals surface area (Å²) in [4.78, 5) is 26.2. The Labute approximate surface area is 187 Å². The second-order valence-corrected chi connectivity index (χ2v) is 8.32. The van der Waals surface area contributed by atoms with Gasteiger partial charge in [0.05, 0.1) is 18.2 Å². The zero-order chi connectivity index (χ0) is 22.1. The second-order valence-electron chi connectivity index (χ2n) is 8.32. The topological polar surface area (TPSA) is 66.3 Å². The SMILES string of the molecule is CN1CCN(c2cccc(C(=O)Nc3cc4cc(-c5cncn5C)ccc4cn3)c2)CC1. The van der Waals surface area contributed by atoms with E-state index in [0.29, 0.717) is 11.4 Å².